The van der Waals surface area contributed by atoms with Crippen molar-refractivity contribution < 1.29 is 18.3 Å². The first-order chi connectivity index (χ1) is 18.8. The molecule has 0 fully saturated rings. The first-order valence-corrected chi connectivity index (χ1v) is 15.9. The molecule has 40 heavy (non-hydrogen) atoms. The van der Waals surface area contributed by atoms with Crippen LogP contribution in [0.5, 0.6) is 0 Å². The second-order valence-corrected chi connectivity index (χ2v) is 16.6. The number of rotatable bonds is 11. The van der Waals surface area contributed by atoms with E-state index in [4.69, 9.17) is 9.16 Å². The van der Waals surface area contributed by atoms with Gasteiger partial charge in [-0.15, -0.1) is 0 Å². The lowest BCUT2D eigenvalue weighted by Gasteiger charge is -2.43. The fourth-order valence-corrected chi connectivity index (χ4v) is 9.47. The Hall–Kier alpha value is -3.00. The molecule has 0 atom stereocenters. The predicted molar refractivity (Wildman–Crippen MR) is 164 cm³/mol. The number of nitrogens with one attached hydrogen (secondary N) is 1. The minimum atomic E-state index is -2.74. The lowest BCUT2D eigenvalue weighted by atomic mass is 10.1. The standard InChI is InChI=1S/C33H45FN2O3Si/c1-32(2,3)39-31(37)36(7)23-22-35-21-20-26-18-19-28(34)24-27(26)25-38-40(33(4,5)6,29-14-10-8-11-15-29)30-16-12-9-13-17-30/h8-19,24,35H,20-23,25H2,1-7H3. The molecule has 0 radical (unpaired) electrons. The van der Waals surface area contributed by atoms with Gasteiger partial charge in [0.1, 0.15) is 11.4 Å². The van der Waals surface area contributed by atoms with Crippen LogP contribution in [0.25, 0.3) is 0 Å². The SMILES string of the molecule is CN(CCNCCc1ccc(F)cc1CO[Si](c1ccccc1)(c1ccccc1)C(C)(C)C)C(=O)OC(C)(C)C. The highest BCUT2D eigenvalue weighted by atomic mass is 28.4. The Morgan fingerprint density at radius 2 is 1.43 bits per heavy atom. The lowest BCUT2D eigenvalue weighted by molar-refractivity contribution is 0.0300. The van der Waals surface area contributed by atoms with Crippen LogP contribution in [0.15, 0.2) is 78.9 Å². The summed E-state index contributed by atoms with van der Waals surface area (Å²) in [7, 11) is -1.01. The largest absolute Gasteiger partial charge is 0.444 e. The third-order valence-corrected chi connectivity index (χ3v) is 11.9. The highest BCUT2D eigenvalue weighted by Gasteiger charge is 2.50. The van der Waals surface area contributed by atoms with Crippen LogP contribution < -0.4 is 15.7 Å². The third kappa shape index (κ3) is 8.26. The molecule has 0 spiro atoms. The Bertz CT molecular complexity index is 1180. The topological polar surface area (TPSA) is 50.8 Å². The second-order valence-electron chi connectivity index (χ2n) is 12.3. The number of amides is 1. The van der Waals surface area contributed by atoms with Crippen LogP contribution in [0.2, 0.25) is 5.04 Å². The van der Waals surface area contributed by atoms with Gasteiger partial charge in [-0.1, -0.05) is 87.5 Å². The van der Waals surface area contributed by atoms with Gasteiger partial charge in [0, 0.05) is 20.1 Å². The molecule has 5 nitrogen and oxygen atoms in total. The molecule has 216 valence electrons. The van der Waals surface area contributed by atoms with Gasteiger partial charge in [-0.25, -0.2) is 9.18 Å². The number of hydrogen-bond acceptors (Lipinski definition) is 4. The summed E-state index contributed by atoms with van der Waals surface area (Å²) in [4.78, 5) is 13.7. The molecule has 0 heterocycles. The van der Waals surface area contributed by atoms with E-state index in [2.05, 4.69) is 74.6 Å². The number of ether oxygens (including phenoxy) is 1. The summed E-state index contributed by atoms with van der Waals surface area (Å²) in [6.07, 6.45) is 0.381. The summed E-state index contributed by atoms with van der Waals surface area (Å²) < 4.78 is 26.9. The lowest BCUT2D eigenvalue weighted by Crippen LogP contribution is -2.66. The summed E-state index contributed by atoms with van der Waals surface area (Å²) >= 11 is 0. The van der Waals surface area contributed by atoms with Gasteiger partial charge in [-0.3, -0.25) is 0 Å². The van der Waals surface area contributed by atoms with Crippen molar-refractivity contribution in [3.8, 4) is 0 Å². The molecule has 1 amide bonds. The molecule has 7 heteroatoms. The van der Waals surface area contributed by atoms with Crippen LogP contribution >= 0.6 is 0 Å². The molecule has 0 saturated heterocycles. The second kappa shape index (κ2) is 13.6. The maximum atomic E-state index is 14.5. The van der Waals surface area contributed by atoms with Gasteiger partial charge in [0.2, 0.25) is 0 Å². The summed E-state index contributed by atoms with van der Waals surface area (Å²) in [5.74, 6) is -0.267. The van der Waals surface area contributed by atoms with Crippen molar-refractivity contribution in [2.24, 2.45) is 0 Å². The van der Waals surface area contributed by atoms with Gasteiger partial charge in [-0.2, -0.15) is 0 Å². The number of carbonyl (C=O) groups excluding carboxylic acids is 1. The fourth-order valence-electron chi connectivity index (χ4n) is 4.95. The van der Waals surface area contributed by atoms with E-state index < -0.39 is 13.9 Å². The number of hydrogen-bond donors (Lipinski definition) is 1. The van der Waals surface area contributed by atoms with Gasteiger partial charge in [-0.05, 0) is 72.4 Å². The zero-order chi connectivity index (χ0) is 29.4. The van der Waals surface area contributed by atoms with E-state index in [1.165, 1.54) is 16.4 Å². The Labute approximate surface area is 240 Å². The summed E-state index contributed by atoms with van der Waals surface area (Å²) in [6, 6.07) is 25.9. The molecule has 0 bridgehead atoms. The van der Waals surface area contributed by atoms with Crippen molar-refractivity contribution in [2.75, 3.05) is 26.7 Å². The molecule has 3 rings (SSSR count). The zero-order valence-corrected chi connectivity index (χ0v) is 26.1. The van der Waals surface area contributed by atoms with E-state index in [0.717, 1.165) is 17.5 Å². The number of carbonyl (C=O) groups is 1. The van der Waals surface area contributed by atoms with Crippen LogP contribution in [-0.4, -0.2) is 51.6 Å². The summed E-state index contributed by atoms with van der Waals surface area (Å²) in [5, 5.41) is 5.63. The van der Waals surface area contributed by atoms with E-state index in [1.54, 1.807) is 18.0 Å². The smallest absolute Gasteiger partial charge is 0.410 e. The van der Waals surface area contributed by atoms with Gasteiger partial charge in [0.15, 0.2) is 0 Å². The first kappa shape index (κ1) is 31.5. The molecular formula is C33H45FN2O3Si. The van der Waals surface area contributed by atoms with Gasteiger partial charge < -0.3 is 19.4 Å². The van der Waals surface area contributed by atoms with E-state index in [-0.39, 0.29) is 16.9 Å². The highest BCUT2D eigenvalue weighted by Crippen LogP contribution is 2.37. The van der Waals surface area contributed by atoms with Crippen LogP contribution in [0, 0.1) is 5.82 Å². The Balaban J connectivity index is 1.74. The fraction of sp³-hybridized carbons (Fsp3) is 0.424. The molecule has 1 N–H and O–H groups in total. The minimum absolute atomic E-state index is 0.162. The molecule has 0 aliphatic rings. The van der Waals surface area contributed by atoms with Crippen molar-refractivity contribution in [1.82, 2.24) is 10.2 Å². The summed E-state index contributed by atoms with van der Waals surface area (Å²) in [6.45, 7) is 14.5. The number of benzene rings is 3. The maximum absolute atomic E-state index is 14.5. The average molecular weight is 565 g/mol. The van der Waals surface area contributed by atoms with Crippen molar-refractivity contribution in [3.63, 3.8) is 0 Å². The number of likely N-dealkylation sites (N-methyl/N-ethyl adjacent to an activating group) is 1. The average Bonchev–Trinajstić information content (AvgIpc) is 2.89. The first-order valence-electron chi connectivity index (χ1n) is 14.0. The summed E-state index contributed by atoms with van der Waals surface area (Å²) in [5.41, 5.74) is 1.39. The van der Waals surface area contributed by atoms with Crippen molar-refractivity contribution in [1.29, 1.82) is 0 Å². The molecule has 0 unspecified atom stereocenters. The quantitative estimate of drug-likeness (QED) is 0.233. The molecule has 3 aromatic carbocycles. The predicted octanol–water partition coefficient (Wildman–Crippen LogP) is 5.90. The van der Waals surface area contributed by atoms with Crippen molar-refractivity contribution >= 4 is 24.8 Å². The van der Waals surface area contributed by atoms with Gasteiger partial charge in [0.05, 0.1) is 6.61 Å². The molecular weight excluding hydrogens is 519 g/mol. The van der Waals surface area contributed by atoms with Crippen molar-refractivity contribution in [3.05, 3.63) is 95.8 Å². The Kier molecular flexibility index (Phi) is 10.7. The molecule has 0 aliphatic carbocycles. The normalized spacial score (nSPS) is 12.3. The van der Waals surface area contributed by atoms with E-state index in [9.17, 15) is 9.18 Å². The van der Waals surface area contributed by atoms with Crippen LogP contribution in [0.4, 0.5) is 9.18 Å². The van der Waals surface area contributed by atoms with Crippen LogP contribution in [-0.2, 0) is 22.2 Å². The zero-order valence-electron chi connectivity index (χ0n) is 25.1. The van der Waals surface area contributed by atoms with Gasteiger partial charge >= 0.3 is 6.09 Å². The van der Waals surface area contributed by atoms with Crippen LogP contribution in [0.3, 0.4) is 0 Å². The minimum Gasteiger partial charge on any atom is -0.444 e. The number of halogens is 1. The molecule has 3 aromatic rings. The molecule has 0 saturated carbocycles. The third-order valence-electron chi connectivity index (χ3n) is 6.93. The maximum Gasteiger partial charge on any atom is 0.410 e. The van der Waals surface area contributed by atoms with Crippen molar-refractivity contribution in [2.45, 2.75) is 65.2 Å². The van der Waals surface area contributed by atoms with E-state index >= 15 is 0 Å². The molecule has 0 aromatic heterocycles. The molecule has 0 aliphatic heterocycles. The number of nitrogens with zero attached hydrogens (tertiary/aromatic N) is 1. The Morgan fingerprint density at radius 3 is 1.95 bits per heavy atom. The van der Waals surface area contributed by atoms with Crippen LogP contribution in [0.1, 0.15) is 52.7 Å². The van der Waals surface area contributed by atoms with E-state index in [0.29, 0.717) is 26.2 Å². The van der Waals surface area contributed by atoms with Gasteiger partial charge in [0.25, 0.3) is 8.32 Å². The monoisotopic (exact) mass is 564 g/mol. The highest BCUT2D eigenvalue weighted by molar-refractivity contribution is 6.99. The van der Waals surface area contributed by atoms with E-state index in [1.807, 2.05) is 39.0 Å². The Morgan fingerprint density at radius 1 is 0.850 bits per heavy atom.